The molecule has 3 rings (SSSR count). The molecule has 1 aliphatic heterocycles. The second-order valence-corrected chi connectivity index (χ2v) is 5.19. The highest BCUT2D eigenvalue weighted by atomic mass is 16.5. The van der Waals surface area contributed by atoms with Gasteiger partial charge in [0.05, 0.1) is 32.2 Å². The van der Waals surface area contributed by atoms with Crippen LogP contribution in [0.1, 0.15) is 10.5 Å². The highest BCUT2D eigenvalue weighted by molar-refractivity contribution is 5.92. The smallest absolute Gasteiger partial charge is 0.272 e. The van der Waals surface area contributed by atoms with Gasteiger partial charge in [0, 0.05) is 18.8 Å². The van der Waals surface area contributed by atoms with E-state index in [4.69, 9.17) is 9.47 Å². The van der Waals surface area contributed by atoms with E-state index in [9.17, 15) is 4.79 Å². The summed E-state index contributed by atoms with van der Waals surface area (Å²) in [5, 5.41) is 3.24. The zero-order valence-electron chi connectivity index (χ0n) is 13.0. The van der Waals surface area contributed by atoms with E-state index < -0.39 is 0 Å². The van der Waals surface area contributed by atoms with Gasteiger partial charge in [0.25, 0.3) is 5.91 Å². The first-order valence-electron chi connectivity index (χ1n) is 7.50. The molecule has 6 heteroatoms. The Morgan fingerprint density at radius 2 is 1.83 bits per heavy atom. The highest BCUT2D eigenvalue weighted by Gasteiger charge is 2.19. The quantitative estimate of drug-likeness (QED) is 0.938. The van der Waals surface area contributed by atoms with Gasteiger partial charge in [-0.2, -0.15) is 0 Å². The Labute approximate surface area is 135 Å². The number of carbonyl (C=O) groups is 1. The minimum absolute atomic E-state index is 0.0516. The first-order chi connectivity index (χ1) is 11.3. The number of morpholine rings is 1. The summed E-state index contributed by atoms with van der Waals surface area (Å²) in [5.74, 6) is 0.754. The van der Waals surface area contributed by atoms with Crippen molar-refractivity contribution in [1.82, 2.24) is 9.88 Å². The number of pyridine rings is 1. The third kappa shape index (κ3) is 3.78. The summed E-state index contributed by atoms with van der Waals surface area (Å²) in [6.07, 6.45) is 1.66. The fourth-order valence-electron chi connectivity index (χ4n) is 2.36. The summed E-state index contributed by atoms with van der Waals surface area (Å²) in [6, 6.07) is 11.2. The molecule has 0 radical (unpaired) electrons. The number of hydrogen-bond acceptors (Lipinski definition) is 5. The average molecular weight is 313 g/mol. The number of methoxy groups -OCH3 is 1. The molecule has 6 nitrogen and oxygen atoms in total. The van der Waals surface area contributed by atoms with Gasteiger partial charge in [-0.3, -0.25) is 4.79 Å². The Kier molecular flexibility index (Phi) is 4.73. The number of rotatable bonds is 4. The minimum Gasteiger partial charge on any atom is -0.497 e. The van der Waals surface area contributed by atoms with E-state index in [1.807, 2.05) is 30.3 Å². The number of aromatic nitrogens is 1. The van der Waals surface area contributed by atoms with E-state index in [-0.39, 0.29) is 5.91 Å². The van der Waals surface area contributed by atoms with Crippen LogP contribution >= 0.6 is 0 Å². The van der Waals surface area contributed by atoms with Crippen LogP contribution in [0.2, 0.25) is 0 Å². The molecule has 0 aliphatic carbocycles. The molecule has 0 unspecified atom stereocenters. The molecule has 1 amide bonds. The van der Waals surface area contributed by atoms with Crippen molar-refractivity contribution >= 4 is 17.3 Å². The molecule has 1 fully saturated rings. The van der Waals surface area contributed by atoms with Crippen molar-refractivity contribution in [3.05, 3.63) is 48.3 Å². The Hall–Kier alpha value is -2.60. The number of nitrogens with zero attached hydrogens (tertiary/aromatic N) is 2. The van der Waals surface area contributed by atoms with Gasteiger partial charge in [0.1, 0.15) is 11.4 Å². The SMILES string of the molecule is COc1ccc(Nc2ccc(C(=O)N3CCOCC3)nc2)cc1. The Morgan fingerprint density at radius 1 is 1.13 bits per heavy atom. The van der Waals surface area contributed by atoms with Crippen molar-refractivity contribution in [3.63, 3.8) is 0 Å². The normalized spacial score (nSPS) is 14.4. The largest absolute Gasteiger partial charge is 0.497 e. The lowest BCUT2D eigenvalue weighted by molar-refractivity contribution is 0.0299. The first kappa shape index (κ1) is 15.3. The topological polar surface area (TPSA) is 63.7 Å². The standard InChI is InChI=1S/C17H19N3O3/c1-22-15-5-2-13(3-6-15)19-14-4-7-16(18-12-14)17(21)20-8-10-23-11-9-20/h2-7,12,19H,8-11H2,1H3. The van der Waals surface area contributed by atoms with E-state index >= 15 is 0 Å². The van der Waals surface area contributed by atoms with Crippen molar-refractivity contribution in [2.45, 2.75) is 0 Å². The van der Waals surface area contributed by atoms with Crippen molar-refractivity contribution in [1.29, 1.82) is 0 Å². The van der Waals surface area contributed by atoms with Crippen molar-refractivity contribution < 1.29 is 14.3 Å². The van der Waals surface area contributed by atoms with Gasteiger partial charge in [-0.15, -0.1) is 0 Å². The molecule has 2 heterocycles. The van der Waals surface area contributed by atoms with Crippen LogP contribution in [0.4, 0.5) is 11.4 Å². The van der Waals surface area contributed by atoms with Gasteiger partial charge in [-0.1, -0.05) is 0 Å². The summed E-state index contributed by atoms with van der Waals surface area (Å²) in [6.45, 7) is 2.41. The lowest BCUT2D eigenvalue weighted by atomic mass is 10.2. The molecule has 1 aliphatic rings. The third-order valence-electron chi connectivity index (χ3n) is 3.66. The lowest BCUT2D eigenvalue weighted by Crippen LogP contribution is -2.41. The maximum absolute atomic E-state index is 12.3. The number of anilines is 2. The maximum atomic E-state index is 12.3. The van der Waals surface area contributed by atoms with Crippen LogP contribution in [0.15, 0.2) is 42.6 Å². The molecule has 0 saturated carbocycles. The minimum atomic E-state index is -0.0516. The van der Waals surface area contributed by atoms with E-state index in [1.54, 1.807) is 24.3 Å². The molecule has 1 N–H and O–H groups in total. The number of hydrogen-bond donors (Lipinski definition) is 1. The zero-order chi connectivity index (χ0) is 16.1. The van der Waals surface area contributed by atoms with Crippen LogP contribution in [0, 0.1) is 0 Å². The monoisotopic (exact) mass is 313 g/mol. The predicted molar refractivity (Wildman–Crippen MR) is 87.2 cm³/mol. The molecule has 1 aromatic heterocycles. The van der Waals surface area contributed by atoms with Crippen molar-refractivity contribution in [3.8, 4) is 5.75 Å². The Morgan fingerprint density at radius 3 is 2.43 bits per heavy atom. The number of ether oxygens (including phenoxy) is 2. The summed E-state index contributed by atoms with van der Waals surface area (Å²) in [5.41, 5.74) is 2.21. The summed E-state index contributed by atoms with van der Waals surface area (Å²) in [4.78, 5) is 18.3. The van der Waals surface area contributed by atoms with Crippen molar-refractivity contribution in [2.75, 3.05) is 38.7 Å². The van der Waals surface area contributed by atoms with Crippen LogP contribution in [-0.2, 0) is 4.74 Å². The molecule has 23 heavy (non-hydrogen) atoms. The van der Waals surface area contributed by atoms with Crippen LogP contribution in [0.25, 0.3) is 0 Å². The average Bonchev–Trinajstić information content (AvgIpc) is 2.63. The molecule has 1 aromatic carbocycles. The first-order valence-corrected chi connectivity index (χ1v) is 7.50. The molecule has 0 bridgehead atoms. The van der Waals surface area contributed by atoms with E-state index in [0.717, 1.165) is 17.1 Å². The van der Waals surface area contributed by atoms with Crippen molar-refractivity contribution in [2.24, 2.45) is 0 Å². The van der Waals surface area contributed by atoms with Crippen LogP contribution in [0.5, 0.6) is 5.75 Å². The van der Waals surface area contributed by atoms with E-state index in [0.29, 0.717) is 32.0 Å². The van der Waals surface area contributed by atoms with Gasteiger partial charge < -0.3 is 19.7 Å². The summed E-state index contributed by atoms with van der Waals surface area (Å²) in [7, 11) is 1.64. The number of carbonyl (C=O) groups excluding carboxylic acids is 1. The van der Waals surface area contributed by atoms with Gasteiger partial charge >= 0.3 is 0 Å². The van der Waals surface area contributed by atoms with Gasteiger partial charge in [-0.05, 0) is 36.4 Å². The van der Waals surface area contributed by atoms with Crippen LogP contribution in [0.3, 0.4) is 0 Å². The third-order valence-corrected chi connectivity index (χ3v) is 3.66. The molecule has 0 spiro atoms. The Bertz CT molecular complexity index is 650. The molecular formula is C17H19N3O3. The fourth-order valence-corrected chi connectivity index (χ4v) is 2.36. The maximum Gasteiger partial charge on any atom is 0.272 e. The molecule has 1 saturated heterocycles. The van der Waals surface area contributed by atoms with E-state index in [1.165, 1.54) is 0 Å². The van der Waals surface area contributed by atoms with Gasteiger partial charge in [-0.25, -0.2) is 4.98 Å². The number of nitrogens with one attached hydrogen (secondary N) is 1. The summed E-state index contributed by atoms with van der Waals surface area (Å²) >= 11 is 0. The molecule has 2 aromatic rings. The van der Waals surface area contributed by atoms with Gasteiger partial charge in [0.15, 0.2) is 0 Å². The molecule has 0 atom stereocenters. The van der Waals surface area contributed by atoms with Crippen LogP contribution < -0.4 is 10.1 Å². The second-order valence-electron chi connectivity index (χ2n) is 5.19. The summed E-state index contributed by atoms with van der Waals surface area (Å²) < 4.78 is 10.4. The van der Waals surface area contributed by atoms with Crippen LogP contribution in [-0.4, -0.2) is 49.2 Å². The van der Waals surface area contributed by atoms with E-state index in [2.05, 4.69) is 10.3 Å². The molecule has 120 valence electrons. The predicted octanol–water partition coefficient (Wildman–Crippen LogP) is 2.31. The number of benzene rings is 1. The number of amides is 1. The lowest BCUT2D eigenvalue weighted by Gasteiger charge is -2.26. The molecular weight excluding hydrogens is 294 g/mol. The van der Waals surface area contributed by atoms with Gasteiger partial charge in [0.2, 0.25) is 0 Å². The Balaban J connectivity index is 1.65. The zero-order valence-corrected chi connectivity index (χ0v) is 13.0. The fraction of sp³-hybridized carbons (Fsp3) is 0.294. The second kappa shape index (κ2) is 7.11. The highest BCUT2D eigenvalue weighted by Crippen LogP contribution is 2.19.